The molecule has 0 bridgehead atoms. The molecule has 0 saturated carbocycles. The maximum Gasteiger partial charge on any atom is 0.261 e. The number of carbonyl (C=O) groups excluding carboxylic acids is 2. The van der Waals surface area contributed by atoms with Crippen LogP contribution >= 0.6 is 34.8 Å². The molecule has 0 fully saturated rings. The number of nitrogens with zero attached hydrogens (tertiary/aromatic N) is 1. The lowest BCUT2D eigenvalue weighted by Crippen LogP contribution is -2.51. The zero-order valence-corrected chi connectivity index (χ0v) is 22.3. The van der Waals surface area contributed by atoms with Gasteiger partial charge in [0, 0.05) is 34.6 Å². The third-order valence-corrected chi connectivity index (χ3v) is 6.44. The molecule has 0 spiro atoms. The number of hydrogen-bond acceptors (Lipinski definition) is 3. The summed E-state index contributed by atoms with van der Waals surface area (Å²) in [6.45, 7) is 2.44. The van der Waals surface area contributed by atoms with Crippen molar-refractivity contribution >= 4 is 46.6 Å². The summed E-state index contributed by atoms with van der Waals surface area (Å²) in [6, 6.07) is 20.7. The van der Waals surface area contributed by atoms with Crippen molar-refractivity contribution in [2.75, 3.05) is 13.2 Å². The Balaban J connectivity index is 1.91. The van der Waals surface area contributed by atoms with Crippen LogP contribution in [0.15, 0.2) is 72.8 Å². The maximum atomic E-state index is 13.6. The minimum atomic E-state index is -0.772. The van der Waals surface area contributed by atoms with Crippen LogP contribution < -0.4 is 10.1 Å². The van der Waals surface area contributed by atoms with Crippen LogP contribution in [0, 0.1) is 0 Å². The normalized spacial score (nSPS) is 11.6. The Labute approximate surface area is 227 Å². The highest BCUT2D eigenvalue weighted by atomic mass is 35.5. The fraction of sp³-hybridized carbons (Fsp3) is 0.286. The van der Waals surface area contributed by atoms with Crippen LogP contribution in [0.1, 0.15) is 30.9 Å². The summed E-state index contributed by atoms with van der Waals surface area (Å²) >= 11 is 18.6. The summed E-state index contributed by atoms with van der Waals surface area (Å²) in [5.41, 5.74) is 1.61. The predicted molar refractivity (Wildman–Crippen MR) is 146 cm³/mol. The monoisotopic (exact) mass is 546 g/mol. The Bertz CT molecular complexity index is 1160. The van der Waals surface area contributed by atoms with Gasteiger partial charge in [-0.1, -0.05) is 90.6 Å². The molecule has 0 aromatic heterocycles. The summed E-state index contributed by atoms with van der Waals surface area (Å²) in [6.07, 6.45) is 2.13. The van der Waals surface area contributed by atoms with E-state index in [2.05, 4.69) is 12.2 Å². The van der Waals surface area contributed by atoms with Crippen LogP contribution in [0.5, 0.6) is 5.75 Å². The summed E-state index contributed by atoms with van der Waals surface area (Å²) in [5, 5.41) is 4.39. The Morgan fingerprint density at radius 1 is 0.944 bits per heavy atom. The molecule has 1 atom stereocenters. The number of amides is 2. The Morgan fingerprint density at radius 2 is 1.69 bits per heavy atom. The van der Waals surface area contributed by atoms with Gasteiger partial charge in [-0.05, 0) is 47.9 Å². The van der Waals surface area contributed by atoms with Gasteiger partial charge in [-0.15, -0.1) is 0 Å². The lowest BCUT2D eigenvalue weighted by atomic mass is 10.0. The maximum absolute atomic E-state index is 13.6. The highest BCUT2D eigenvalue weighted by Crippen LogP contribution is 2.24. The number of halogens is 3. The van der Waals surface area contributed by atoms with Gasteiger partial charge in [-0.2, -0.15) is 0 Å². The Hall–Kier alpha value is -2.73. The average Bonchev–Trinajstić information content (AvgIpc) is 2.86. The zero-order chi connectivity index (χ0) is 25.9. The van der Waals surface area contributed by atoms with E-state index in [1.807, 2.05) is 30.3 Å². The Morgan fingerprint density at radius 3 is 2.39 bits per heavy atom. The van der Waals surface area contributed by atoms with Crippen LogP contribution in [0.3, 0.4) is 0 Å². The van der Waals surface area contributed by atoms with Crippen molar-refractivity contribution in [3.63, 3.8) is 0 Å². The average molecular weight is 548 g/mol. The van der Waals surface area contributed by atoms with Crippen molar-refractivity contribution in [1.29, 1.82) is 0 Å². The van der Waals surface area contributed by atoms with Crippen molar-refractivity contribution in [1.82, 2.24) is 10.2 Å². The lowest BCUT2D eigenvalue weighted by molar-refractivity contribution is -0.142. The molecule has 3 aromatic carbocycles. The molecule has 5 nitrogen and oxygen atoms in total. The molecule has 0 heterocycles. The molecule has 0 saturated heterocycles. The van der Waals surface area contributed by atoms with E-state index in [0.717, 1.165) is 18.4 Å². The molecule has 2 amide bonds. The number of ether oxygens (including phenoxy) is 1. The summed E-state index contributed by atoms with van der Waals surface area (Å²) < 4.78 is 5.73. The van der Waals surface area contributed by atoms with E-state index in [1.54, 1.807) is 42.5 Å². The molecular weight excluding hydrogens is 519 g/mol. The van der Waals surface area contributed by atoms with E-state index in [4.69, 9.17) is 39.5 Å². The summed E-state index contributed by atoms with van der Waals surface area (Å²) in [4.78, 5) is 28.5. The van der Waals surface area contributed by atoms with Crippen LogP contribution in [0.4, 0.5) is 0 Å². The topological polar surface area (TPSA) is 58.6 Å². The third-order valence-electron chi connectivity index (χ3n) is 5.61. The van der Waals surface area contributed by atoms with Crippen molar-refractivity contribution in [2.45, 2.75) is 38.8 Å². The van der Waals surface area contributed by atoms with E-state index in [0.29, 0.717) is 39.3 Å². The second-order valence-corrected chi connectivity index (χ2v) is 9.63. The van der Waals surface area contributed by atoms with E-state index >= 15 is 0 Å². The fourth-order valence-electron chi connectivity index (χ4n) is 3.68. The minimum absolute atomic E-state index is 0.117. The number of unbranched alkanes of at least 4 members (excludes halogenated alkanes) is 1. The first-order chi connectivity index (χ1) is 17.4. The molecule has 8 heteroatoms. The van der Waals surface area contributed by atoms with Crippen LogP contribution in [0.2, 0.25) is 15.1 Å². The molecule has 3 aromatic rings. The molecule has 1 unspecified atom stereocenters. The zero-order valence-electron chi connectivity index (χ0n) is 20.1. The molecule has 3 rings (SSSR count). The third kappa shape index (κ3) is 8.44. The molecule has 36 heavy (non-hydrogen) atoms. The van der Waals surface area contributed by atoms with E-state index < -0.39 is 6.04 Å². The number of carbonyl (C=O) groups is 2. The van der Waals surface area contributed by atoms with Crippen molar-refractivity contribution in [3.8, 4) is 5.75 Å². The number of hydrogen-bond donors (Lipinski definition) is 1. The van der Waals surface area contributed by atoms with Gasteiger partial charge >= 0.3 is 0 Å². The van der Waals surface area contributed by atoms with Crippen LogP contribution in [0.25, 0.3) is 0 Å². The molecular formula is C28H29Cl3N2O3. The Kier molecular flexibility index (Phi) is 10.9. The van der Waals surface area contributed by atoms with Gasteiger partial charge in [-0.25, -0.2) is 0 Å². The van der Waals surface area contributed by atoms with Gasteiger partial charge in [-0.3, -0.25) is 9.59 Å². The highest BCUT2D eigenvalue weighted by Gasteiger charge is 2.31. The molecule has 0 aliphatic carbocycles. The van der Waals surface area contributed by atoms with Gasteiger partial charge in [0.15, 0.2) is 6.61 Å². The SMILES string of the molecule is CCCCNC(=O)C(Cc1ccccc1)N(Cc1ccc(Cl)cc1Cl)C(=O)COc1cccc(Cl)c1. The predicted octanol–water partition coefficient (Wildman–Crippen LogP) is 6.58. The van der Waals surface area contributed by atoms with Gasteiger partial charge in [0.1, 0.15) is 11.8 Å². The summed E-state index contributed by atoms with van der Waals surface area (Å²) in [5.74, 6) is -0.117. The second kappa shape index (κ2) is 14.1. The fourth-order valence-corrected chi connectivity index (χ4v) is 4.33. The van der Waals surface area contributed by atoms with Crippen molar-refractivity contribution in [3.05, 3.63) is 99.0 Å². The molecule has 190 valence electrons. The molecule has 0 radical (unpaired) electrons. The minimum Gasteiger partial charge on any atom is -0.484 e. The van der Waals surface area contributed by atoms with E-state index in [9.17, 15) is 9.59 Å². The molecule has 1 N–H and O–H groups in total. The van der Waals surface area contributed by atoms with Gasteiger partial charge < -0.3 is 15.0 Å². The largest absolute Gasteiger partial charge is 0.484 e. The summed E-state index contributed by atoms with van der Waals surface area (Å²) in [7, 11) is 0. The number of rotatable bonds is 12. The van der Waals surface area contributed by atoms with Crippen LogP contribution in [-0.4, -0.2) is 35.9 Å². The highest BCUT2D eigenvalue weighted by molar-refractivity contribution is 6.35. The van der Waals surface area contributed by atoms with Gasteiger partial charge in [0.2, 0.25) is 5.91 Å². The van der Waals surface area contributed by atoms with Gasteiger partial charge in [0.05, 0.1) is 0 Å². The first kappa shape index (κ1) is 27.9. The quantitative estimate of drug-likeness (QED) is 0.261. The van der Waals surface area contributed by atoms with Crippen LogP contribution in [-0.2, 0) is 22.6 Å². The standard InChI is InChI=1S/C28H29Cl3N2O3/c1-2-3-14-32-28(35)26(15-20-8-5-4-6-9-20)33(18-21-12-13-23(30)17-25(21)31)27(34)19-36-24-11-7-10-22(29)16-24/h4-13,16-17,26H,2-3,14-15,18-19H2,1H3,(H,32,35). The number of benzene rings is 3. The van der Waals surface area contributed by atoms with Crippen molar-refractivity contribution < 1.29 is 14.3 Å². The second-order valence-electron chi connectivity index (χ2n) is 8.35. The molecule has 0 aliphatic heterocycles. The molecule has 0 aliphatic rings. The van der Waals surface area contributed by atoms with E-state index in [1.165, 1.54) is 4.90 Å². The van der Waals surface area contributed by atoms with Crippen molar-refractivity contribution in [2.24, 2.45) is 0 Å². The van der Waals surface area contributed by atoms with Gasteiger partial charge in [0.25, 0.3) is 5.91 Å². The first-order valence-electron chi connectivity index (χ1n) is 11.8. The smallest absolute Gasteiger partial charge is 0.261 e. The number of nitrogens with one attached hydrogen (secondary N) is 1. The lowest BCUT2D eigenvalue weighted by Gasteiger charge is -2.31. The first-order valence-corrected chi connectivity index (χ1v) is 12.9. The van der Waals surface area contributed by atoms with E-state index in [-0.39, 0.29) is 25.0 Å².